The molecule has 0 radical (unpaired) electrons. The molecule has 2 heteroatoms. The Bertz CT molecular complexity index is 191. The highest BCUT2D eigenvalue weighted by atomic mass is 16.2. The van der Waals surface area contributed by atoms with E-state index in [1.165, 1.54) is 32.1 Å². The molecule has 0 bridgehead atoms. The first kappa shape index (κ1) is 12.5. The van der Waals surface area contributed by atoms with Gasteiger partial charge in [-0.25, -0.2) is 0 Å². The van der Waals surface area contributed by atoms with Gasteiger partial charge in [-0.1, -0.05) is 39.5 Å². The van der Waals surface area contributed by atoms with Crippen molar-refractivity contribution in [2.75, 3.05) is 13.1 Å². The highest BCUT2D eigenvalue weighted by Gasteiger charge is 2.18. The van der Waals surface area contributed by atoms with Crippen molar-refractivity contribution >= 4 is 5.91 Å². The molecule has 1 heterocycles. The van der Waals surface area contributed by atoms with E-state index in [9.17, 15) is 4.79 Å². The molecule has 0 aromatic heterocycles. The number of amides is 1. The number of carbonyl (C=O) groups is 1. The van der Waals surface area contributed by atoms with E-state index in [-0.39, 0.29) is 0 Å². The van der Waals surface area contributed by atoms with Gasteiger partial charge in [0, 0.05) is 19.5 Å². The van der Waals surface area contributed by atoms with Gasteiger partial charge in [0.25, 0.3) is 0 Å². The first-order chi connectivity index (χ1) is 7.24. The van der Waals surface area contributed by atoms with Crippen molar-refractivity contribution in [2.45, 2.75) is 58.8 Å². The van der Waals surface area contributed by atoms with Crippen LogP contribution >= 0.6 is 0 Å². The molecule has 1 atom stereocenters. The van der Waals surface area contributed by atoms with Crippen LogP contribution in [0.4, 0.5) is 0 Å². The smallest absolute Gasteiger partial charge is 0.222 e. The summed E-state index contributed by atoms with van der Waals surface area (Å²) in [7, 11) is 0. The molecule has 1 amide bonds. The Morgan fingerprint density at radius 3 is 2.73 bits per heavy atom. The van der Waals surface area contributed by atoms with Crippen LogP contribution in [0.1, 0.15) is 58.8 Å². The maximum absolute atomic E-state index is 11.3. The van der Waals surface area contributed by atoms with Crippen LogP contribution in [-0.4, -0.2) is 23.9 Å². The third kappa shape index (κ3) is 4.67. The summed E-state index contributed by atoms with van der Waals surface area (Å²) in [6.07, 6.45) is 8.31. The van der Waals surface area contributed by atoms with E-state index in [1.54, 1.807) is 0 Å². The predicted octanol–water partition coefficient (Wildman–Crippen LogP) is 3.22. The van der Waals surface area contributed by atoms with Crippen molar-refractivity contribution in [3.05, 3.63) is 0 Å². The lowest BCUT2D eigenvalue weighted by Crippen LogP contribution is -2.25. The molecule has 0 spiro atoms. The number of hydrogen-bond acceptors (Lipinski definition) is 1. The van der Waals surface area contributed by atoms with Gasteiger partial charge < -0.3 is 4.90 Å². The van der Waals surface area contributed by atoms with Crippen molar-refractivity contribution in [3.63, 3.8) is 0 Å². The zero-order valence-electron chi connectivity index (χ0n) is 10.3. The molecule has 0 aromatic carbocycles. The monoisotopic (exact) mass is 211 g/mol. The normalized spacial score (nSPS) is 18.5. The summed E-state index contributed by atoms with van der Waals surface area (Å²) in [6, 6.07) is 0. The van der Waals surface area contributed by atoms with Crippen LogP contribution in [0.2, 0.25) is 0 Å². The molecule has 1 unspecified atom stereocenters. The fourth-order valence-corrected chi connectivity index (χ4v) is 2.37. The molecule has 0 N–H and O–H groups in total. The van der Waals surface area contributed by atoms with Crippen molar-refractivity contribution in [1.29, 1.82) is 0 Å². The van der Waals surface area contributed by atoms with Crippen molar-refractivity contribution in [2.24, 2.45) is 5.92 Å². The number of likely N-dealkylation sites (tertiary alicyclic amines) is 1. The molecule has 88 valence electrons. The first-order valence-electron chi connectivity index (χ1n) is 6.51. The van der Waals surface area contributed by atoms with Gasteiger partial charge in [-0.3, -0.25) is 4.79 Å². The second-order valence-electron chi connectivity index (χ2n) is 4.87. The van der Waals surface area contributed by atoms with Gasteiger partial charge in [0.1, 0.15) is 0 Å². The zero-order chi connectivity index (χ0) is 11.1. The van der Waals surface area contributed by atoms with Gasteiger partial charge in [0.05, 0.1) is 0 Å². The van der Waals surface area contributed by atoms with E-state index in [0.717, 1.165) is 31.8 Å². The van der Waals surface area contributed by atoms with Crippen molar-refractivity contribution in [1.82, 2.24) is 4.90 Å². The summed E-state index contributed by atoms with van der Waals surface area (Å²) in [5, 5.41) is 0. The molecular formula is C13H25NO. The summed E-state index contributed by atoms with van der Waals surface area (Å²) in [5.41, 5.74) is 0. The lowest BCUT2D eigenvalue weighted by Gasteiger charge is -2.16. The summed E-state index contributed by atoms with van der Waals surface area (Å²) < 4.78 is 0. The number of hydrogen-bond donors (Lipinski definition) is 0. The number of unbranched alkanes of at least 4 members (excludes halogenated alkanes) is 1. The minimum Gasteiger partial charge on any atom is -0.343 e. The summed E-state index contributed by atoms with van der Waals surface area (Å²) in [6.45, 7) is 6.59. The van der Waals surface area contributed by atoms with Gasteiger partial charge in [-0.05, 0) is 18.8 Å². The summed E-state index contributed by atoms with van der Waals surface area (Å²) in [5.74, 6) is 1.24. The van der Waals surface area contributed by atoms with E-state index in [4.69, 9.17) is 0 Å². The molecule has 0 saturated carbocycles. The highest BCUT2D eigenvalue weighted by Crippen LogP contribution is 2.15. The van der Waals surface area contributed by atoms with Crippen molar-refractivity contribution < 1.29 is 4.79 Å². The Morgan fingerprint density at radius 1 is 1.33 bits per heavy atom. The van der Waals surface area contributed by atoms with Gasteiger partial charge in [0.2, 0.25) is 5.91 Å². The standard InChI is InChI=1S/C13H25NO/c1-3-7-12(2)8-4-5-10-14-11-6-9-13(14)15/h12H,3-11H2,1-2H3. The topological polar surface area (TPSA) is 20.3 Å². The lowest BCUT2D eigenvalue weighted by atomic mass is 9.99. The minimum absolute atomic E-state index is 0.372. The molecule has 1 fully saturated rings. The van der Waals surface area contributed by atoms with Crippen LogP contribution in [0.25, 0.3) is 0 Å². The largest absolute Gasteiger partial charge is 0.343 e. The highest BCUT2D eigenvalue weighted by molar-refractivity contribution is 5.77. The van der Waals surface area contributed by atoms with Crippen LogP contribution in [0.15, 0.2) is 0 Å². The molecule has 0 aliphatic carbocycles. The Morgan fingerprint density at radius 2 is 2.13 bits per heavy atom. The molecule has 2 nitrogen and oxygen atoms in total. The average Bonchev–Trinajstić information content (AvgIpc) is 2.60. The number of carbonyl (C=O) groups excluding carboxylic acids is 1. The maximum atomic E-state index is 11.3. The number of rotatable bonds is 7. The van der Waals surface area contributed by atoms with Gasteiger partial charge in [-0.15, -0.1) is 0 Å². The second-order valence-corrected chi connectivity index (χ2v) is 4.87. The fourth-order valence-electron chi connectivity index (χ4n) is 2.37. The van der Waals surface area contributed by atoms with Gasteiger partial charge in [0.15, 0.2) is 0 Å². The van der Waals surface area contributed by atoms with Crippen LogP contribution in [-0.2, 0) is 4.79 Å². The Hall–Kier alpha value is -0.530. The summed E-state index contributed by atoms with van der Waals surface area (Å²) in [4.78, 5) is 13.4. The Kier molecular flexibility index (Phi) is 5.74. The van der Waals surface area contributed by atoms with E-state index in [2.05, 4.69) is 13.8 Å². The van der Waals surface area contributed by atoms with Crippen LogP contribution in [0.5, 0.6) is 0 Å². The molecule has 1 saturated heterocycles. The van der Waals surface area contributed by atoms with Gasteiger partial charge >= 0.3 is 0 Å². The molecular weight excluding hydrogens is 186 g/mol. The third-order valence-corrected chi connectivity index (χ3v) is 3.33. The average molecular weight is 211 g/mol. The molecule has 1 rings (SSSR count). The Labute approximate surface area is 94.0 Å². The minimum atomic E-state index is 0.372. The maximum Gasteiger partial charge on any atom is 0.222 e. The van der Waals surface area contributed by atoms with E-state index >= 15 is 0 Å². The molecule has 15 heavy (non-hydrogen) atoms. The fraction of sp³-hybridized carbons (Fsp3) is 0.923. The van der Waals surface area contributed by atoms with Crippen LogP contribution < -0.4 is 0 Å². The SMILES string of the molecule is CCCC(C)CCCCN1CCCC1=O. The molecule has 1 aliphatic rings. The second kappa shape index (κ2) is 6.86. The lowest BCUT2D eigenvalue weighted by molar-refractivity contribution is -0.127. The molecule has 1 aliphatic heterocycles. The quantitative estimate of drug-likeness (QED) is 0.592. The number of nitrogens with zero attached hydrogens (tertiary/aromatic N) is 1. The Balaban J connectivity index is 1.99. The third-order valence-electron chi connectivity index (χ3n) is 3.33. The van der Waals surface area contributed by atoms with Crippen molar-refractivity contribution in [3.8, 4) is 0 Å². The van der Waals surface area contributed by atoms with Crippen LogP contribution in [0.3, 0.4) is 0 Å². The van der Waals surface area contributed by atoms with E-state index < -0.39 is 0 Å². The van der Waals surface area contributed by atoms with Crippen LogP contribution in [0, 0.1) is 5.92 Å². The van der Waals surface area contributed by atoms with E-state index in [0.29, 0.717) is 5.91 Å². The summed E-state index contributed by atoms with van der Waals surface area (Å²) >= 11 is 0. The first-order valence-corrected chi connectivity index (χ1v) is 6.51. The van der Waals surface area contributed by atoms with Gasteiger partial charge in [-0.2, -0.15) is 0 Å². The zero-order valence-corrected chi connectivity index (χ0v) is 10.3. The molecule has 0 aromatic rings. The van der Waals surface area contributed by atoms with E-state index in [1.807, 2.05) is 4.90 Å². The predicted molar refractivity (Wildman–Crippen MR) is 63.7 cm³/mol.